The zero-order valence-electron chi connectivity index (χ0n) is 16.5. The first-order valence-electron chi connectivity index (χ1n) is 8.74. The van der Waals surface area contributed by atoms with Crippen LogP contribution in [0.3, 0.4) is 0 Å². The highest BCUT2D eigenvalue weighted by atomic mass is 79.9. The highest BCUT2D eigenvalue weighted by molar-refractivity contribution is 9.10. The van der Waals surface area contributed by atoms with Gasteiger partial charge in [-0.1, -0.05) is 19.9 Å². The van der Waals surface area contributed by atoms with Crippen LogP contribution in [0.1, 0.15) is 25.3 Å². The number of carbonyl (C=O) groups excluding carboxylic acids is 1. The van der Waals surface area contributed by atoms with Crippen LogP contribution in [0.2, 0.25) is 0 Å². The summed E-state index contributed by atoms with van der Waals surface area (Å²) in [5.74, 6) is -1.62. The van der Waals surface area contributed by atoms with Gasteiger partial charge in [-0.15, -0.1) is 0 Å². The van der Waals surface area contributed by atoms with E-state index in [-0.39, 0.29) is 10.4 Å². The maximum atomic E-state index is 13.8. The number of carbonyl (C=O) groups is 1. The number of rotatable bonds is 5. The molecule has 0 saturated carbocycles. The fraction of sp³-hybridized carbons (Fsp3) is 0.333. The number of hydrogen-bond donors (Lipinski definition) is 1. The fourth-order valence-electron chi connectivity index (χ4n) is 3.03. The summed E-state index contributed by atoms with van der Waals surface area (Å²) in [7, 11) is 5.03. The lowest BCUT2D eigenvalue weighted by Crippen LogP contribution is -2.31. The second-order valence-electron chi connectivity index (χ2n) is 6.92. The monoisotopic (exact) mass is 447 g/mol. The fourth-order valence-corrected chi connectivity index (χ4v) is 3.43. The molecule has 2 rings (SSSR count). The van der Waals surface area contributed by atoms with Crippen molar-refractivity contribution in [3.05, 3.63) is 68.9 Å². The molecular formula is C21H23BrFN3O2. The lowest BCUT2D eigenvalue weighted by atomic mass is 9.79. The SMILES string of the molecule is COC(=O)C1=C(/C=C/N(C)C)NC(C(C)C)=C(C#N)C1c1ccc(F)c(Br)c1. The average Bonchev–Trinajstić information content (AvgIpc) is 2.66. The molecule has 0 bridgehead atoms. The molecule has 0 amide bonds. The highest BCUT2D eigenvalue weighted by Crippen LogP contribution is 2.41. The predicted molar refractivity (Wildman–Crippen MR) is 109 cm³/mol. The topological polar surface area (TPSA) is 65.4 Å². The molecule has 1 aromatic rings. The number of methoxy groups -OCH3 is 1. The van der Waals surface area contributed by atoms with E-state index in [1.54, 1.807) is 24.4 Å². The first kappa shape index (κ1) is 21.7. The Morgan fingerprint density at radius 3 is 2.61 bits per heavy atom. The van der Waals surface area contributed by atoms with Crippen molar-refractivity contribution in [3.63, 3.8) is 0 Å². The smallest absolute Gasteiger partial charge is 0.336 e. The number of dihydropyridines is 1. The molecular weight excluding hydrogens is 425 g/mol. The van der Waals surface area contributed by atoms with Gasteiger partial charge in [0.1, 0.15) is 5.82 Å². The summed E-state index contributed by atoms with van der Waals surface area (Å²) in [5.41, 5.74) is 2.62. The average molecular weight is 448 g/mol. The van der Waals surface area contributed by atoms with Gasteiger partial charge in [-0.25, -0.2) is 9.18 Å². The molecule has 5 nitrogen and oxygen atoms in total. The molecule has 0 saturated heterocycles. The molecule has 1 aromatic carbocycles. The molecule has 1 heterocycles. The van der Waals surface area contributed by atoms with Crippen molar-refractivity contribution in [3.8, 4) is 6.07 Å². The van der Waals surface area contributed by atoms with Crippen LogP contribution in [0.25, 0.3) is 0 Å². The molecule has 0 aromatic heterocycles. The maximum absolute atomic E-state index is 13.8. The number of halogens is 2. The molecule has 0 fully saturated rings. The molecule has 0 radical (unpaired) electrons. The number of ether oxygens (including phenoxy) is 1. The van der Waals surface area contributed by atoms with Crippen LogP contribution < -0.4 is 5.32 Å². The van der Waals surface area contributed by atoms with Gasteiger partial charge in [0.2, 0.25) is 0 Å². The Balaban J connectivity index is 2.82. The quantitative estimate of drug-likeness (QED) is 0.684. The van der Waals surface area contributed by atoms with Gasteiger partial charge in [0.25, 0.3) is 0 Å². The molecule has 0 aliphatic carbocycles. The van der Waals surface area contributed by atoms with E-state index in [0.717, 1.165) is 5.70 Å². The molecule has 148 valence electrons. The number of nitriles is 1. The molecule has 7 heteroatoms. The van der Waals surface area contributed by atoms with Crippen molar-refractivity contribution in [1.82, 2.24) is 10.2 Å². The molecule has 28 heavy (non-hydrogen) atoms. The van der Waals surface area contributed by atoms with Crippen LogP contribution in [-0.4, -0.2) is 32.1 Å². The van der Waals surface area contributed by atoms with Crippen LogP contribution in [0, 0.1) is 23.1 Å². The Morgan fingerprint density at radius 1 is 1.43 bits per heavy atom. The summed E-state index contributed by atoms with van der Waals surface area (Å²) in [6, 6.07) is 6.74. The van der Waals surface area contributed by atoms with Crippen LogP contribution in [0.5, 0.6) is 0 Å². The second-order valence-corrected chi connectivity index (χ2v) is 7.78. The van der Waals surface area contributed by atoms with Gasteiger partial charge >= 0.3 is 5.97 Å². The summed E-state index contributed by atoms with van der Waals surface area (Å²) in [4.78, 5) is 14.5. The summed E-state index contributed by atoms with van der Waals surface area (Å²) >= 11 is 3.20. The summed E-state index contributed by atoms with van der Waals surface area (Å²) < 4.78 is 19.1. The Labute approximate surface area is 173 Å². The molecule has 1 atom stereocenters. The zero-order chi connectivity index (χ0) is 21.0. The van der Waals surface area contributed by atoms with E-state index in [0.29, 0.717) is 22.4 Å². The Bertz CT molecular complexity index is 911. The minimum atomic E-state index is -0.671. The summed E-state index contributed by atoms with van der Waals surface area (Å²) in [6.07, 6.45) is 3.58. The molecule has 1 aliphatic heterocycles. The number of nitrogens with one attached hydrogen (secondary N) is 1. The number of esters is 1. The Kier molecular flexibility index (Phi) is 7.03. The molecule has 1 unspecified atom stereocenters. The molecule has 0 spiro atoms. The third kappa shape index (κ3) is 4.45. The Morgan fingerprint density at radius 2 is 2.11 bits per heavy atom. The van der Waals surface area contributed by atoms with Crippen molar-refractivity contribution in [2.75, 3.05) is 21.2 Å². The van der Waals surface area contributed by atoms with Crippen molar-refractivity contribution in [2.24, 2.45) is 5.92 Å². The number of hydrogen-bond acceptors (Lipinski definition) is 5. The largest absolute Gasteiger partial charge is 0.466 e. The van der Waals surface area contributed by atoms with E-state index in [4.69, 9.17) is 4.74 Å². The van der Waals surface area contributed by atoms with Gasteiger partial charge in [0, 0.05) is 26.0 Å². The zero-order valence-corrected chi connectivity index (χ0v) is 18.1. The van der Waals surface area contributed by atoms with Gasteiger partial charge in [0.05, 0.1) is 40.4 Å². The van der Waals surface area contributed by atoms with Crippen molar-refractivity contribution in [2.45, 2.75) is 19.8 Å². The minimum absolute atomic E-state index is 0.0167. The standard InChI is InChI=1S/C21H23BrFN3O2/c1-12(2)20-14(11-24)18(13-6-7-16(23)15(22)10-13)19(21(27)28-5)17(25-20)8-9-26(3)4/h6-10,12,18,25H,1-5H3/b9-8+. The van der Waals surface area contributed by atoms with Crippen molar-refractivity contribution >= 4 is 21.9 Å². The van der Waals surface area contributed by atoms with Crippen LogP contribution in [-0.2, 0) is 9.53 Å². The summed E-state index contributed by atoms with van der Waals surface area (Å²) in [5, 5.41) is 13.1. The van der Waals surface area contributed by atoms with Crippen LogP contribution in [0.15, 0.2) is 57.5 Å². The molecule has 1 aliphatic rings. The summed E-state index contributed by atoms with van der Waals surface area (Å²) in [6.45, 7) is 3.93. The third-order valence-corrected chi connectivity index (χ3v) is 4.95. The van der Waals surface area contributed by atoms with E-state index in [9.17, 15) is 14.4 Å². The van der Waals surface area contributed by atoms with Crippen molar-refractivity contribution in [1.29, 1.82) is 5.26 Å². The third-order valence-electron chi connectivity index (χ3n) is 4.35. The second kappa shape index (κ2) is 9.07. The van der Waals surface area contributed by atoms with E-state index in [1.807, 2.05) is 32.8 Å². The lowest BCUT2D eigenvalue weighted by molar-refractivity contribution is -0.136. The normalized spacial score (nSPS) is 17.0. The molecule has 1 N–H and O–H groups in total. The van der Waals surface area contributed by atoms with Gasteiger partial charge < -0.3 is 15.0 Å². The Hall–Kier alpha value is -2.59. The van der Waals surface area contributed by atoms with E-state index < -0.39 is 17.7 Å². The van der Waals surface area contributed by atoms with Gasteiger partial charge in [-0.3, -0.25) is 0 Å². The maximum Gasteiger partial charge on any atom is 0.336 e. The number of benzene rings is 1. The lowest BCUT2D eigenvalue weighted by Gasteiger charge is -2.31. The minimum Gasteiger partial charge on any atom is -0.466 e. The van der Waals surface area contributed by atoms with E-state index >= 15 is 0 Å². The van der Waals surface area contributed by atoms with Gasteiger partial charge in [-0.05, 0) is 45.6 Å². The van der Waals surface area contributed by atoms with E-state index in [2.05, 4.69) is 27.3 Å². The number of allylic oxidation sites excluding steroid dienone is 3. The van der Waals surface area contributed by atoms with Gasteiger partial charge in [-0.2, -0.15) is 5.26 Å². The predicted octanol–water partition coefficient (Wildman–Crippen LogP) is 4.21. The van der Waals surface area contributed by atoms with Crippen LogP contribution >= 0.6 is 15.9 Å². The number of nitrogens with zero attached hydrogens (tertiary/aromatic N) is 2. The van der Waals surface area contributed by atoms with Gasteiger partial charge in [0.15, 0.2) is 0 Å². The van der Waals surface area contributed by atoms with Crippen LogP contribution in [0.4, 0.5) is 4.39 Å². The first-order valence-corrected chi connectivity index (χ1v) is 9.53. The van der Waals surface area contributed by atoms with Crippen molar-refractivity contribution < 1.29 is 13.9 Å². The first-order chi connectivity index (χ1) is 13.2. The van der Waals surface area contributed by atoms with E-state index in [1.165, 1.54) is 13.2 Å². The highest BCUT2D eigenvalue weighted by Gasteiger charge is 2.36.